The molecule has 1 fully saturated rings. The van der Waals surface area contributed by atoms with Gasteiger partial charge in [-0.15, -0.1) is 0 Å². The summed E-state index contributed by atoms with van der Waals surface area (Å²) in [6.45, 7) is 1.68. The van der Waals surface area contributed by atoms with E-state index in [4.69, 9.17) is 0 Å². The van der Waals surface area contributed by atoms with Crippen LogP contribution in [-0.4, -0.2) is 32.1 Å². The quantitative estimate of drug-likeness (QED) is 0.808. The zero-order valence-electron chi connectivity index (χ0n) is 10.9. The SMILES string of the molecule is COC(=O)c1cccc(NC(=O)[C@H]2CCCNC2)c1. The van der Waals surface area contributed by atoms with Crippen LogP contribution in [0.15, 0.2) is 24.3 Å². The predicted molar refractivity (Wildman–Crippen MR) is 72.0 cm³/mol. The normalized spacial score (nSPS) is 18.7. The van der Waals surface area contributed by atoms with E-state index in [-0.39, 0.29) is 11.8 Å². The van der Waals surface area contributed by atoms with Gasteiger partial charge in [-0.05, 0) is 37.6 Å². The third-order valence-corrected chi connectivity index (χ3v) is 3.22. The van der Waals surface area contributed by atoms with Gasteiger partial charge in [0.1, 0.15) is 0 Å². The maximum atomic E-state index is 12.1. The van der Waals surface area contributed by atoms with Crippen LogP contribution in [0.3, 0.4) is 0 Å². The molecule has 0 unspecified atom stereocenters. The fourth-order valence-corrected chi connectivity index (χ4v) is 2.16. The Bertz CT molecular complexity index is 468. The number of anilines is 1. The summed E-state index contributed by atoms with van der Waals surface area (Å²) in [5.74, 6) is -0.416. The average Bonchev–Trinajstić information content (AvgIpc) is 2.47. The molecule has 0 aliphatic carbocycles. The van der Waals surface area contributed by atoms with Crippen LogP contribution in [0.4, 0.5) is 5.69 Å². The van der Waals surface area contributed by atoms with Gasteiger partial charge in [0, 0.05) is 12.2 Å². The van der Waals surface area contributed by atoms with E-state index >= 15 is 0 Å². The standard InChI is InChI=1S/C14H18N2O3/c1-19-14(18)10-4-2-6-12(8-10)16-13(17)11-5-3-7-15-9-11/h2,4,6,8,11,15H,3,5,7,9H2,1H3,(H,16,17)/t11-/m0/s1. The summed E-state index contributed by atoms with van der Waals surface area (Å²) in [6.07, 6.45) is 1.91. The van der Waals surface area contributed by atoms with Crippen molar-refractivity contribution < 1.29 is 14.3 Å². The van der Waals surface area contributed by atoms with Gasteiger partial charge in [0.05, 0.1) is 18.6 Å². The van der Waals surface area contributed by atoms with Crippen LogP contribution in [0.2, 0.25) is 0 Å². The minimum absolute atomic E-state index is 0.00414. The summed E-state index contributed by atoms with van der Waals surface area (Å²) in [5, 5.41) is 6.05. The molecule has 1 atom stereocenters. The molecule has 1 saturated heterocycles. The van der Waals surface area contributed by atoms with Crippen molar-refractivity contribution in [1.82, 2.24) is 5.32 Å². The Morgan fingerprint density at radius 2 is 2.26 bits per heavy atom. The molecule has 5 heteroatoms. The molecular formula is C14H18N2O3. The van der Waals surface area contributed by atoms with E-state index in [0.29, 0.717) is 17.8 Å². The highest BCUT2D eigenvalue weighted by Gasteiger charge is 2.21. The Balaban J connectivity index is 2.02. The van der Waals surface area contributed by atoms with Gasteiger partial charge in [-0.3, -0.25) is 4.79 Å². The van der Waals surface area contributed by atoms with E-state index in [9.17, 15) is 9.59 Å². The largest absolute Gasteiger partial charge is 0.465 e. The van der Waals surface area contributed by atoms with Crippen molar-refractivity contribution in [2.45, 2.75) is 12.8 Å². The Labute approximate surface area is 112 Å². The van der Waals surface area contributed by atoms with E-state index in [1.807, 2.05) is 0 Å². The fourth-order valence-electron chi connectivity index (χ4n) is 2.16. The molecule has 1 aliphatic rings. The second kappa shape index (κ2) is 6.33. The zero-order valence-corrected chi connectivity index (χ0v) is 10.9. The third kappa shape index (κ3) is 3.54. The molecule has 1 aromatic carbocycles. The number of methoxy groups -OCH3 is 1. The van der Waals surface area contributed by atoms with Crippen LogP contribution in [0.1, 0.15) is 23.2 Å². The second-order valence-corrected chi connectivity index (χ2v) is 4.60. The molecule has 2 N–H and O–H groups in total. The van der Waals surface area contributed by atoms with Crippen molar-refractivity contribution >= 4 is 17.6 Å². The van der Waals surface area contributed by atoms with Crippen molar-refractivity contribution in [1.29, 1.82) is 0 Å². The molecule has 1 aliphatic heterocycles. The summed E-state index contributed by atoms with van der Waals surface area (Å²) in [4.78, 5) is 23.5. The maximum absolute atomic E-state index is 12.1. The van der Waals surface area contributed by atoms with Crippen molar-refractivity contribution in [2.24, 2.45) is 5.92 Å². The van der Waals surface area contributed by atoms with Crippen LogP contribution >= 0.6 is 0 Å². The molecule has 1 aromatic rings. The van der Waals surface area contributed by atoms with Gasteiger partial charge in [0.15, 0.2) is 0 Å². The van der Waals surface area contributed by atoms with Crippen LogP contribution in [0.25, 0.3) is 0 Å². The molecule has 0 saturated carbocycles. The highest BCUT2D eigenvalue weighted by Crippen LogP contribution is 2.16. The van der Waals surface area contributed by atoms with E-state index in [1.54, 1.807) is 24.3 Å². The lowest BCUT2D eigenvalue weighted by Gasteiger charge is -2.21. The van der Waals surface area contributed by atoms with Crippen molar-refractivity contribution in [3.8, 4) is 0 Å². The lowest BCUT2D eigenvalue weighted by molar-refractivity contribution is -0.120. The fraction of sp³-hybridized carbons (Fsp3) is 0.429. The minimum atomic E-state index is -0.407. The van der Waals surface area contributed by atoms with E-state index < -0.39 is 5.97 Å². The number of carbonyl (C=O) groups excluding carboxylic acids is 2. The molecular weight excluding hydrogens is 244 g/mol. The molecule has 0 radical (unpaired) electrons. The molecule has 1 amide bonds. The van der Waals surface area contributed by atoms with Gasteiger partial charge in [0.2, 0.25) is 5.91 Å². The van der Waals surface area contributed by atoms with Crippen LogP contribution in [0, 0.1) is 5.92 Å². The maximum Gasteiger partial charge on any atom is 0.337 e. The number of hydrogen-bond donors (Lipinski definition) is 2. The van der Waals surface area contributed by atoms with E-state index in [1.165, 1.54) is 7.11 Å². The molecule has 0 bridgehead atoms. The zero-order chi connectivity index (χ0) is 13.7. The van der Waals surface area contributed by atoms with Crippen LogP contribution in [-0.2, 0) is 9.53 Å². The molecule has 5 nitrogen and oxygen atoms in total. The lowest BCUT2D eigenvalue weighted by Crippen LogP contribution is -2.37. The Hall–Kier alpha value is -1.88. The molecule has 0 aromatic heterocycles. The van der Waals surface area contributed by atoms with E-state index in [0.717, 1.165) is 19.4 Å². The van der Waals surface area contributed by atoms with Gasteiger partial charge in [-0.25, -0.2) is 4.79 Å². The van der Waals surface area contributed by atoms with Gasteiger partial charge in [0.25, 0.3) is 0 Å². The van der Waals surface area contributed by atoms with Gasteiger partial charge < -0.3 is 15.4 Å². The summed E-state index contributed by atoms with van der Waals surface area (Å²) in [7, 11) is 1.33. The smallest absolute Gasteiger partial charge is 0.337 e. The predicted octanol–water partition coefficient (Wildman–Crippen LogP) is 1.41. The monoisotopic (exact) mass is 262 g/mol. The number of rotatable bonds is 3. The Morgan fingerprint density at radius 1 is 1.42 bits per heavy atom. The highest BCUT2D eigenvalue weighted by molar-refractivity contribution is 5.95. The topological polar surface area (TPSA) is 67.4 Å². The molecule has 0 spiro atoms. The van der Waals surface area contributed by atoms with Crippen LogP contribution < -0.4 is 10.6 Å². The van der Waals surface area contributed by atoms with Crippen LogP contribution in [0.5, 0.6) is 0 Å². The lowest BCUT2D eigenvalue weighted by atomic mass is 9.99. The first kappa shape index (κ1) is 13.5. The Morgan fingerprint density at radius 3 is 2.95 bits per heavy atom. The summed E-state index contributed by atoms with van der Waals surface area (Å²) in [6, 6.07) is 6.77. The summed E-state index contributed by atoms with van der Waals surface area (Å²) >= 11 is 0. The first-order valence-corrected chi connectivity index (χ1v) is 6.40. The molecule has 1 heterocycles. The number of benzene rings is 1. The number of hydrogen-bond acceptors (Lipinski definition) is 4. The van der Waals surface area contributed by atoms with Crippen molar-refractivity contribution in [3.63, 3.8) is 0 Å². The second-order valence-electron chi connectivity index (χ2n) is 4.60. The van der Waals surface area contributed by atoms with Gasteiger partial charge in [-0.2, -0.15) is 0 Å². The summed E-state index contributed by atoms with van der Waals surface area (Å²) < 4.78 is 4.65. The number of nitrogens with one attached hydrogen (secondary N) is 2. The molecule has 19 heavy (non-hydrogen) atoms. The number of amides is 1. The minimum Gasteiger partial charge on any atom is -0.465 e. The van der Waals surface area contributed by atoms with Crippen molar-refractivity contribution in [3.05, 3.63) is 29.8 Å². The molecule has 2 rings (SSSR count). The van der Waals surface area contributed by atoms with Gasteiger partial charge in [-0.1, -0.05) is 6.07 Å². The first-order chi connectivity index (χ1) is 9.20. The first-order valence-electron chi connectivity index (χ1n) is 6.40. The average molecular weight is 262 g/mol. The number of esters is 1. The van der Waals surface area contributed by atoms with Gasteiger partial charge >= 0.3 is 5.97 Å². The number of carbonyl (C=O) groups is 2. The van der Waals surface area contributed by atoms with E-state index in [2.05, 4.69) is 15.4 Å². The number of ether oxygens (including phenoxy) is 1. The number of piperidine rings is 1. The van der Waals surface area contributed by atoms with Crippen molar-refractivity contribution in [2.75, 3.05) is 25.5 Å². The Kier molecular flexibility index (Phi) is 4.52. The highest BCUT2D eigenvalue weighted by atomic mass is 16.5. The molecule has 102 valence electrons. The summed E-state index contributed by atoms with van der Waals surface area (Å²) in [5.41, 5.74) is 1.06. The third-order valence-electron chi connectivity index (χ3n) is 3.22.